The number of pyridine rings is 1. The van der Waals surface area contributed by atoms with Crippen LogP contribution in [0.15, 0.2) is 36.4 Å². The summed E-state index contributed by atoms with van der Waals surface area (Å²) in [7, 11) is 3.38. The van der Waals surface area contributed by atoms with E-state index in [0.717, 1.165) is 17.0 Å². The summed E-state index contributed by atoms with van der Waals surface area (Å²) in [5, 5.41) is 5.55. The maximum absolute atomic E-state index is 12.1. The summed E-state index contributed by atoms with van der Waals surface area (Å²) in [6.07, 6.45) is 0. The molecule has 0 saturated heterocycles. The van der Waals surface area contributed by atoms with Gasteiger partial charge in [-0.1, -0.05) is 12.1 Å². The molecule has 1 heterocycles. The maximum Gasteiger partial charge on any atom is 0.319 e. The topological polar surface area (TPSA) is 74.3 Å². The van der Waals surface area contributed by atoms with Crippen LogP contribution >= 0.6 is 0 Å². The van der Waals surface area contributed by atoms with Gasteiger partial charge in [-0.3, -0.25) is 9.78 Å². The number of hydrogen-bond donors (Lipinski definition) is 2. The van der Waals surface area contributed by atoms with Gasteiger partial charge in [-0.25, -0.2) is 4.79 Å². The molecule has 0 atom stereocenters. The van der Waals surface area contributed by atoms with E-state index in [2.05, 4.69) is 15.6 Å². The third kappa shape index (κ3) is 4.55. The lowest BCUT2D eigenvalue weighted by atomic mass is 10.1. The molecule has 6 heteroatoms. The molecule has 0 aliphatic rings. The Labute approximate surface area is 141 Å². The molecule has 126 valence electrons. The van der Waals surface area contributed by atoms with Crippen LogP contribution in [-0.4, -0.2) is 35.9 Å². The second-order valence-electron chi connectivity index (χ2n) is 5.81. The van der Waals surface area contributed by atoms with E-state index in [4.69, 9.17) is 0 Å². The van der Waals surface area contributed by atoms with Crippen molar-refractivity contribution in [1.29, 1.82) is 0 Å². The molecule has 3 amide bonds. The van der Waals surface area contributed by atoms with Gasteiger partial charge < -0.3 is 15.5 Å². The highest BCUT2D eigenvalue weighted by molar-refractivity contribution is 5.97. The summed E-state index contributed by atoms with van der Waals surface area (Å²) in [6, 6.07) is 10.6. The predicted molar refractivity (Wildman–Crippen MR) is 94.0 cm³/mol. The SMILES string of the molecule is Cc1cccc(CNC(=O)Nc2cc(C(=O)N(C)C)ccc2C)n1. The van der Waals surface area contributed by atoms with E-state index in [-0.39, 0.29) is 11.9 Å². The molecule has 24 heavy (non-hydrogen) atoms. The number of amides is 3. The van der Waals surface area contributed by atoms with Crippen LogP contribution < -0.4 is 10.6 Å². The number of benzene rings is 1. The Bertz CT molecular complexity index is 756. The third-order valence-corrected chi connectivity index (χ3v) is 3.51. The number of nitrogens with zero attached hydrogens (tertiary/aromatic N) is 2. The molecule has 2 aromatic rings. The number of hydrogen-bond acceptors (Lipinski definition) is 3. The first kappa shape index (κ1) is 17.5. The molecule has 0 spiro atoms. The molecule has 0 radical (unpaired) electrons. The van der Waals surface area contributed by atoms with Gasteiger partial charge in [0.05, 0.1) is 12.2 Å². The minimum absolute atomic E-state index is 0.109. The van der Waals surface area contributed by atoms with Crippen LogP contribution in [0.4, 0.5) is 10.5 Å². The quantitative estimate of drug-likeness (QED) is 0.907. The van der Waals surface area contributed by atoms with E-state index in [1.807, 2.05) is 38.1 Å². The second-order valence-corrected chi connectivity index (χ2v) is 5.81. The van der Waals surface area contributed by atoms with Gasteiger partial charge in [0.2, 0.25) is 0 Å². The van der Waals surface area contributed by atoms with Gasteiger partial charge in [0.25, 0.3) is 5.91 Å². The van der Waals surface area contributed by atoms with Crippen molar-refractivity contribution >= 4 is 17.6 Å². The minimum Gasteiger partial charge on any atom is -0.345 e. The fraction of sp³-hybridized carbons (Fsp3) is 0.278. The first-order valence-electron chi connectivity index (χ1n) is 7.66. The summed E-state index contributed by atoms with van der Waals surface area (Å²) in [5.74, 6) is -0.109. The largest absolute Gasteiger partial charge is 0.345 e. The molecule has 6 nitrogen and oxygen atoms in total. The zero-order chi connectivity index (χ0) is 17.7. The Balaban J connectivity index is 2.03. The zero-order valence-electron chi connectivity index (χ0n) is 14.4. The lowest BCUT2D eigenvalue weighted by Crippen LogP contribution is -2.29. The number of aryl methyl sites for hydroxylation is 2. The van der Waals surface area contributed by atoms with E-state index in [9.17, 15) is 9.59 Å². The summed E-state index contributed by atoms with van der Waals surface area (Å²) in [6.45, 7) is 4.12. The number of aromatic nitrogens is 1. The standard InChI is InChI=1S/C18H22N4O2/c1-12-8-9-14(17(23)22(3)4)10-16(12)21-18(24)19-11-15-7-5-6-13(2)20-15/h5-10H,11H2,1-4H3,(H2,19,21,24). The molecule has 0 unspecified atom stereocenters. The van der Waals surface area contributed by atoms with Crippen LogP contribution in [-0.2, 0) is 6.54 Å². The lowest BCUT2D eigenvalue weighted by Gasteiger charge is -2.14. The van der Waals surface area contributed by atoms with Crippen LogP contribution in [0.25, 0.3) is 0 Å². The highest BCUT2D eigenvalue weighted by atomic mass is 16.2. The van der Waals surface area contributed by atoms with Crippen molar-refractivity contribution in [3.63, 3.8) is 0 Å². The number of carbonyl (C=O) groups excluding carboxylic acids is 2. The monoisotopic (exact) mass is 326 g/mol. The zero-order valence-corrected chi connectivity index (χ0v) is 14.4. The van der Waals surface area contributed by atoms with Gasteiger partial charge in [0, 0.05) is 31.0 Å². The molecular weight excluding hydrogens is 304 g/mol. The Morgan fingerprint density at radius 1 is 1.12 bits per heavy atom. The highest BCUT2D eigenvalue weighted by Crippen LogP contribution is 2.17. The minimum atomic E-state index is -0.337. The average Bonchev–Trinajstić information content (AvgIpc) is 2.54. The van der Waals surface area contributed by atoms with Crippen molar-refractivity contribution in [1.82, 2.24) is 15.2 Å². The van der Waals surface area contributed by atoms with E-state index < -0.39 is 0 Å². The Morgan fingerprint density at radius 3 is 2.54 bits per heavy atom. The summed E-state index contributed by atoms with van der Waals surface area (Å²) < 4.78 is 0. The Morgan fingerprint density at radius 2 is 1.88 bits per heavy atom. The van der Waals surface area contributed by atoms with Gasteiger partial charge in [-0.05, 0) is 43.7 Å². The van der Waals surface area contributed by atoms with Crippen LogP contribution in [0.1, 0.15) is 27.3 Å². The molecule has 2 rings (SSSR count). The summed E-state index contributed by atoms with van der Waals surface area (Å²) in [4.78, 5) is 30.0. The van der Waals surface area contributed by atoms with Gasteiger partial charge in [-0.2, -0.15) is 0 Å². The van der Waals surface area contributed by atoms with Gasteiger partial charge in [0.1, 0.15) is 0 Å². The van der Waals surface area contributed by atoms with E-state index in [1.165, 1.54) is 4.90 Å². The maximum atomic E-state index is 12.1. The fourth-order valence-electron chi connectivity index (χ4n) is 2.18. The van der Waals surface area contributed by atoms with Crippen LogP contribution in [0, 0.1) is 13.8 Å². The molecule has 1 aromatic heterocycles. The van der Waals surface area contributed by atoms with Crippen LogP contribution in [0.3, 0.4) is 0 Å². The van der Waals surface area contributed by atoms with E-state index >= 15 is 0 Å². The van der Waals surface area contributed by atoms with E-state index in [0.29, 0.717) is 17.8 Å². The predicted octanol–water partition coefficient (Wildman–Crippen LogP) is 2.72. The molecule has 0 fully saturated rings. The third-order valence-electron chi connectivity index (χ3n) is 3.51. The number of anilines is 1. The van der Waals surface area contributed by atoms with Crippen molar-refractivity contribution in [2.45, 2.75) is 20.4 Å². The van der Waals surface area contributed by atoms with Crippen molar-refractivity contribution in [2.24, 2.45) is 0 Å². The number of rotatable bonds is 4. The normalized spacial score (nSPS) is 10.2. The molecule has 0 bridgehead atoms. The van der Waals surface area contributed by atoms with Crippen molar-refractivity contribution < 1.29 is 9.59 Å². The lowest BCUT2D eigenvalue weighted by molar-refractivity contribution is 0.0827. The molecule has 0 aliphatic heterocycles. The number of nitrogens with one attached hydrogen (secondary N) is 2. The summed E-state index contributed by atoms with van der Waals surface area (Å²) >= 11 is 0. The van der Waals surface area contributed by atoms with Crippen molar-refractivity contribution in [3.05, 3.63) is 58.9 Å². The molecular formula is C18H22N4O2. The van der Waals surface area contributed by atoms with Crippen LogP contribution in [0.2, 0.25) is 0 Å². The smallest absolute Gasteiger partial charge is 0.319 e. The molecule has 0 aliphatic carbocycles. The van der Waals surface area contributed by atoms with Gasteiger partial charge in [0.15, 0.2) is 0 Å². The molecule has 0 saturated carbocycles. The Kier molecular flexibility index (Phi) is 5.52. The summed E-state index contributed by atoms with van der Waals surface area (Å²) in [5.41, 5.74) is 3.71. The van der Waals surface area contributed by atoms with Crippen molar-refractivity contribution in [2.75, 3.05) is 19.4 Å². The van der Waals surface area contributed by atoms with Gasteiger partial charge >= 0.3 is 6.03 Å². The van der Waals surface area contributed by atoms with Gasteiger partial charge in [-0.15, -0.1) is 0 Å². The van der Waals surface area contributed by atoms with E-state index in [1.54, 1.807) is 26.2 Å². The average molecular weight is 326 g/mol. The highest BCUT2D eigenvalue weighted by Gasteiger charge is 2.11. The number of carbonyl (C=O) groups is 2. The number of urea groups is 1. The Hall–Kier alpha value is -2.89. The second kappa shape index (κ2) is 7.59. The van der Waals surface area contributed by atoms with Crippen molar-refractivity contribution in [3.8, 4) is 0 Å². The molecule has 2 N–H and O–H groups in total. The first-order chi connectivity index (χ1) is 11.4. The first-order valence-corrected chi connectivity index (χ1v) is 7.66. The fourth-order valence-corrected chi connectivity index (χ4v) is 2.18. The van der Waals surface area contributed by atoms with Crippen LogP contribution in [0.5, 0.6) is 0 Å². The molecule has 1 aromatic carbocycles.